The van der Waals surface area contributed by atoms with Gasteiger partial charge in [0.2, 0.25) is 0 Å². The fraction of sp³-hybridized carbons (Fsp3) is 0.267. The van der Waals surface area contributed by atoms with E-state index in [2.05, 4.69) is 11.4 Å². The van der Waals surface area contributed by atoms with Gasteiger partial charge < -0.3 is 5.32 Å². The molecule has 108 valence electrons. The van der Waals surface area contributed by atoms with Crippen molar-refractivity contribution >= 4 is 5.69 Å². The van der Waals surface area contributed by atoms with Gasteiger partial charge in [0.05, 0.1) is 19.0 Å². The van der Waals surface area contributed by atoms with Gasteiger partial charge >= 0.3 is 5.69 Å². The van der Waals surface area contributed by atoms with E-state index in [1.807, 2.05) is 24.3 Å². The van der Waals surface area contributed by atoms with Crippen LogP contribution in [0.15, 0.2) is 39.9 Å². The Kier molecular flexibility index (Phi) is 4.24. The lowest BCUT2D eigenvalue weighted by Crippen LogP contribution is -2.38. The Hall–Kier alpha value is -2.81. The molecule has 0 spiro atoms. The first-order valence-electron chi connectivity index (χ1n) is 6.48. The summed E-state index contributed by atoms with van der Waals surface area (Å²) in [6, 6.07) is 11.0. The molecule has 0 saturated heterocycles. The van der Waals surface area contributed by atoms with Crippen LogP contribution in [0.2, 0.25) is 0 Å². The SMILES string of the molecule is Cn1c(CNc2ccc(CC#N)cc2)cc(=O)n(C)c1=O. The molecule has 1 aromatic carbocycles. The third-order valence-electron chi connectivity index (χ3n) is 3.34. The molecule has 6 heteroatoms. The Labute approximate surface area is 121 Å². The lowest BCUT2D eigenvalue weighted by molar-refractivity contribution is 0.655. The molecule has 1 N–H and O–H groups in total. The van der Waals surface area contributed by atoms with Crippen LogP contribution in [0, 0.1) is 11.3 Å². The van der Waals surface area contributed by atoms with Crippen LogP contribution in [-0.4, -0.2) is 9.13 Å². The van der Waals surface area contributed by atoms with Gasteiger partial charge in [0, 0.05) is 31.5 Å². The van der Waals surface area contributed by atoms with Crippen molar-refractivity contribution in [3.8, 4) is 6.07 Å². The van der Waals surface area contributed by atoms with E-state index in [-0.39, 0.29) is 11.2 Å². The van der Waals surface area contributed by atoms with Crippen molar-refractivity contribution < 1.29 is 0 Å². The molecular formula is C15H16N4O2. The van der Waals surface area contributed by atoms with Crippen LogP contribution in [0.4, 0.5) is 5.69 Å². The van der Waals surface area contributed by atoms with Crippen LogP contribution in [0.1, 0.15) is 11.3 Å². The molecular weight excluding hydrogens is 268 g/mol. The van der Waals surface area contributed by atoms with Crippen LogP contribution in [0.3, 0.4) is 0 Å². The molecule has 0 unspecified atom stereocenters. The van der Waals surface area contributed by atoms with Crippen molar-refractivity contribution in [2.45, 2.75) is 13.0 Å². The molecule has 0 aliphatic heterocycles. The van der Waals surface area contributed by atoms with Crippen LogP contribution in [0.5, 0.6) is 0 Å². The van der Waals surface area contributed by atoms with Gasteiger partial charge in [-0.05, 0) is 17.7 Å². The molecule has 0 aliphatic carbocycles. The second-order valence-electron chi connectivity index (χ2n) is 4.76. The summed E-state index contributed by atoms with van der Waals surface area (Å²) in [5.74, 6) is 0. The monoisotopic (exact) mass is 284 g/mol. The minimum absolute atomic E-state index is 0.320. The lowest BCUT2D eigenvalue weighted by atomic mass is 10.1. The van der Waals surface area contributed by atoms with E-state index < -0.39 is 0 Å². The van der Waals surface area contributed by atoms with Crippen molar-refractivity contribution in [1.29, 1.82) is 5.26 Å². The van der Waals surface area contributed by atoms with Gasteiger partial charge in [0.15, 0.2) is 0 Å². The summed E-state index contributed by atoms with van der Waals surface area (Å²) in [5, 5.41) is 11.8. The number of benzene rings is 1. The second-order valence-corrected chi connectivity index (χ2v) is 4.76. The zero-order valence-corrected chi connectivity index (χ0v) is 12.0. The zero-order valence-electron chi connectivity index (χ0n) is 12.0. The Morgan fingerprint density at radius 1 is 1.14 bits per heavy atom. The van der Waals surface area contributed by atoms with Crippen molar-refractivity contribution in [3.05, 3.63) is 62.4 Å². The highest BCUT2D eigenvalue weighted by Gasteiger charge is 2.05. The topological polar surface area (TPSA) is 79.8 Å². The minimum atomic E-state index is -0.344. The molecule has 2 rings (SSSR count). The summed E-state index contributed by atoms with van der Waals surface area (Å²) in [6.45, 7) is 0.374. The van der Waals surface area contributed by atoms with E-state index >= 15 is 0 Å². The van der Waals surface area contributed by atoms with E-state index in [4.69, 9.17) is 5.26 Å². The predicted molar refractivity (Wildman–Crippen MR) is 80.0 cm³/mol. The van der Waals surface area contributed by atoms with E-state index in [1.54, 1.807) is 7.05 Å². The quantitative estimate of drug-likeness (QED) is 0.899. The standard InChI is InChI=1S/C15H16N4O2/c1-18-13(9-14(20)19(2)15(18)21)10-17-12-5-3-11(4-6-12)7-8-16/h3-6,9,17H,7,10H2,1-2H3. The molecule has 0 atom stereocenters. The van der Waals surface area contributed by atoms with Gasteiger partial charge in [-0.1, -0.05) is 12.1 Å². The molecule has 0 amide bonds. The molecule has 1 heterocycles. The maximum Gasteiger partial charge on any atom is 0.330 e. The van der Waals surface area contributed by atoms with Crippen molar-refractivity contribution in [2.75, 3.05) is 5.32 Å². The number of anilines is 1. The third-order valence-corrected chi connectivity index (χ3v) is 3.34. The highest BCUT2D eigenvalue weighted by molar-refractivity contribution is 5.45. The number of nitriles is 1. The summed E-state index contributed by atoms with van der Waals surface area (Å²) in [7, 11) is 3.09. The number of nitrogens with zero attached hydrogens (tertiary/aromatic N) is 3. The van der Waals surface area contributed by atoms with Gasteiger partial charge in [-0.25, -0.2) is 4.79 Å². The number of hydrogen-bond acceptors (Lipinski definition) is 4. The highest BCUT2D eigenvalue weighted by atomic mass is 16.2. The molecule has 0 radical (unpaired) electrons. The summed E-state index contributed by atoms with van der Waals surface area (Å²) < 4.78 is 2.51. The predicted octanol–water partition coefficient (Wildman–Crippen LogP) is 0.762. The van der Waals surface area contributed by atoms with Crippen LogP contribution in [0.25, 0.3) is 0 Å². The fourth-order valence-electron chi connectivity index (χ4n) is 1.97. The number of hydrogen-bond donors (Lipinski definition) is 1. The van der Waals surface area contributed by atoms with Crippen molar-refractivity contribution in [1.82, 2.24) is 9.13 Å². The molecule has 6 nitrogen and oxygen atoms in total. The number of nitrogens with one attached hydrogen (secondary N) is 1. The smallest absolute Gasteiger partial charge is 0.330 e. The Balaban J connectivity index is 2.15. The number of aromatic nitrogens is 2. The lowest BCUT2D eigenvalue weighted by Gasteiger charge is -2.11. The Bertz CT molecular complexity index is 794. The van der Waals surface area contributed by atoms with Gasteiger partial charge in [-0.2, -0.15) is 5.26 Å². The summed E-state index contributed by atoms with van der Waals surface area (Å²) in [6.07, 6.45) is 0.378. The van der Waals surface area contributed by atoms with Crippen LogP contribution < -0.4 is 16.6 Å². The third kappa shape index (κ3) is 3.20. The minimum Gasteiger partial charge on any atom is -0.379 e. The van der Waals surface area contributed by atoms with E-state index in [0.717, 1.165) is 15.8 Å². The van der Waals surface area contributed by atoms with Gasteiger partial charge in [0.1, 0.15) is 0 Å². The van der Waals surface area contributed by atoms with Gasteiger partial charge in [-0.3, -0.25) is 13.9 Å². The second kappa shape index (κ2) is 6.09. The van der Waals surface area contributed by atoms with Crippen LogP contribution >= 0.6 is 0 Å². The first-order chi connectivity index (χ1) is 10.0. The average Bonchev–Trinajstić information content (AvgIpc) is 2.49. The molecule has 2 aromatic rings. The largest absolute Gasteiger partial charge is 0.379 e. The van der Waals surface area contributed by atoms with Crippen molar-refractivity contribution in [2.24, 2.45) is 14.1 Å². The van der Waals surface area contributed by atoms with Crippen molar-refractivity contribution in [3.63, 3.8) is 0 Å². The maximum absolute atomic E-state index is 11.8. The Morgan fingerprint density at radius 3 is 2.43 bits per heavy atom. The fourth-order valence-corrected chi connectivity index (χ4v) is 1.97. The Morgan fingerprint density at radius 2 is 1.81 bits per heavy atom. The average molecular weight is 284 g/mol. The summed E-state index contributed by atoms with van der Waals surface area (Å²) in [5.41, 5.74) is 1.76. The van der Waals surface area contributed by atoms with Gasteiger partial charge in [0.25, 0.3) is 5.56 Å². The highest BCUT2D eigenvalue weighted by Crippen LogP contribution is 2.10. The zero-order chi connectivity index (χ0) is 15.4. The van der Waals surface area contributed by atoms with Crippen LogP contribution in [-0.2, 0) is 27.1 Å². The van der Waals surface area contributed by atoms with E-state index in [9.17, 15) is 9.59 Å². The van der Waals surface area contributed by atoms with E-state index in [1.165, 1.54) is 17.7 Å². The molecule has 0 aliphatic rings. The molecule has 0 fully saturated rings. The molecule has 0 bridgehead atoms. The van der Waals surface area contributed by atoms with Gasteiger partial charge in [-0.15, -0.1) is 0 Å². The molecule has 21 heavy (non-hydrogen) atoms. The normalized spacial score (nSPS) is 10.1. The maximum atomic E-state index is 11.8. The molecule has 1 aromatic heterocycles. The first-order valence-corrected chi connectivity index (χ1v) is 6.48. The number of rotatable bonds is 4. The summed E-state index contributed by atoms with van der Waals surface area (Å²) >= 11 is 0. The molecule has 0 saturated carbocycles. The van der Waals surface area contributed by atoms with E-state index in [0.29, 0.717) is 18.7 Å². The summed E-state index contributed by atoms with van der Waals surface area (Å²) in [4.78, 5) is 23.4. The first kappa shape index (κ1) is 14.6.